The van der Waals surface area contributed by atoms with E-state index in [1.54, 1.807) is 4.57 Å². The molecule has 0 aromatic carbocycles. The Morgan fingerprint density at radius 1 is 1.42 bits per heavy atom. The van der Waals surface area contributed by atoms with E-state index >= 15 is 0 Å². The second-order valence-electron chi connectivity index (χ2n) is 4.52. The molecule has 4 rings (SSSR count). The maximum atomic E-state index is 9.97. The predicted molar refractivity (Wildman–Crippen MR) is 61.2 cm³/mol. The molecule has 1 saturated heterocycles. The largest absolute Gasteiger partial charge is 0.454 e. The van der Waals surface area contributed by atoms with Gasteiger partial charge in [0.1, 0.15) is 18.5 Å². The Hall–Kier alpha value is -1.97. The van der Waals surface area contributed by atoms with Gasteiger partial charge in [0.05, 0.1) is 6.61 Å². The van der Waals surface area contributed by atoms with Crippen LogP contribution in [0.15, 0.2) is 6.33 Å². The van der Waals surface area contributed by atoms with Crippen molar-refractivity contribution in [2.45, 2.75) is 24.5 Å². The molecule has 4 atom stereocenters. The molecule has 2 aromatic heterocycles. The zero-order valence-electron chi connectivity index (χ0n) is 9.67. The lowest BCUT2D eigenvalue weighted by molar-refractivity contribution is -0.0419. The predicted octanol–water partition coefficient (Wildman–Crippen LogP) is -1.58. The highest BCUT2D eigenvalue weighted by Crippen LogP contribution is 2.42. The standard InChI is InChI=1S/C10H11N5O4/c11-7-4-8(13-2-12-7)15-9-6(19-10(15)14-4)5(17)3(1-16)18-9/h2-3,5-6,9,16-17H,1H2,(H2,11,12,13)/t3-,5+,6+,9-/m1/s1. The Balaban J connectivity index is 1.86. The molecule has 4 N–H and O–H groups in total. The van der Waals surface area contributed by atoms with Crippen molar-refractivity contribution in [3.8, 4) is 6.01 Å². The van der Waals surface area contributed by atoms with E-state index < -0.39 is 24.5 Å². The van der Waals surface area contributed by atoms with Crippen molar-refractivity contribution in [3.63, 3.8) is 0 Å². The third-order valence-corrected chi connectivity index (χ3v) is 3.46. The first-order valence-corrected chi connectivity index (χ1v) is 5.80. The first kappa shape index (κ1) is 10.9. The minimum Gasteiger partial charge on any atom is -0.454 e. The maximum Gasteiger partial charge on any atom is 0.301 e. The number of nitrogens with two attached hydrogens (primary N) is 1. The highest BCUT2D eigenvalue weighted by atomic mass is 16.6. The summed E-state index contributed by atoms with van der Waals surface area (Å²) >= 11 is 0. The fourth-order valence-electron chi connectivity index (χ4n) is 2.54. The number of hydrogen-bond acceptors (Lipinski definition) is 8. The number of aliphatic hydroxyl groups excluding tert-OH is 2. The van der Waals surface area contributed by atoms with E-state index in [9.17, 15) is 5.11 Å². The number of hydrogen-bond donors (Lipinski definition) is 3. The number of imidazole rings is 1. The van der Waals surface area contributed by atoms with Gasteiger partial charge >= 0.3 is 6.01 Å². The van der Waals surface area contributed by atoms with Gasteiger partial charge in [0.15, 0.2) is 29.3 Å². The van der Waals surface area contributed by atoms with Gasteiger partial charge in [-0.15, -0.1) is 0 Å². The highest BCUT2D eigenvalue weighted by Gasteiger charge is 2.52. The molecule has 100 valence electrons. The molecule has 0 radical (unpaired) electrons. The molecule has 9 heteroatoms. The minimum atomic E-state index is -0.911. The second-order valence-corrected chi connectivity index (χ2v) is 4.52. The number of anilines is 1. The molecule has 4 heterocycles. The van der Waals surface area contributed by atoms with E-state index in [0.29, 0.717) is 11.2 Å². The van der Waals surface area contributed by atoms with Gasteiger partial charge in [0.2, 0.25) is 0 Å². The van der Waals surface area contributed by atoms with Crippen LogP contribution in [0.5, 0.6) is 6.01 Å². The van der Waals surface area contributed by atoms with Crippen molar-refractivity contribution in [1.82, 2.24) is 19.5 Å². The summed E-state index contributed by atoms with van der Waals surface area (Å²) in [6, 6.07) is 0.285. The Bertz CT molecular complexity index is 659. The number of aromatic nitrogens is 4. The van der Waals surface area contributed by atoms with Crippen molar-refractivity contribution in [3.05, 3.63) is 6.33 Å². The zero-order valence-corrected chi connectivity index (χ0v) is 9.67. The van der Waals surface area contributed by atoms with E-state index in [0.717, 1.165) is 0 Å². The molecule has 0 amide bonds. The van der Waals surface area contributed by atoms with Gasteiger partial charge in [0.25, 0.3) is 0 Å². The van der Waals surface area contributed by atoms with Gasteiger partial charge in [-0.1, -0.05) is 0 Å². The molecule has 2 aliphatic heterocycles. The first-order valence-electron chi connectivity index (χ1n) is 5.80. The molecule has 1 fully saturated rings. The number of nitrogens with zero attached hydrogens (tertiary/aromatic N) is 4. The minimum absolute atomic E-state index is 0.254. The summed E-state index contributed by atoms with van der Waals surface area (Å²) < 4.78 is 12.8. The van der Waals surface area contributed by atoms with Crippen LogP contribution in [0.2, 0.25) is 0 Å². The van der Waals surface area contributed by atoms with E-state index in [-0.39, 0.29) is 18.4 Å². The zero-order chi connectivity index (χ0) is 13.1. The fourth-order valence-corrected chi connectivity index (χ4v) is 2.54. The Morgan fingerprint density at radius 2 is 2.26 bits per heavy atom. The monoisotopic (exact) mass is 265 g/mol. The van der Waals surface area contributed by atoms with Crippen molar-refractivity contribution >= 4 is 17.0 Å². The fraction of sp³-hybridized carbons (Fsp3) is 0.500. The van der Waals surface area contributed by atoms with Crippen molar-refractivity contribution in [2.75, 3.05) is 12.3 Å². The number of rotatable bonds is 1. The summed E-state index contributed by atoms with van der Waals surface area (Å²) in [5.41, 5.74) is 6.64. The van der Waals surface area contributed by atoms with Gasteiger partial charge in [0, 0.05) is 0 Å². The lowest BCUT2D eigenvalue weighted by Crippen LogP contribution is -2.34. The van der Waals surface area contributed by atoms with Crippen LogP contribution >= 0.6 is 0 Å². The topological polar surface area (TPSA) is 129 Å². The number of ether oxygens (including phenoxy) is 2. The lowest BCUT2D eigenvalue weighted by Gasteiger charge is -2.13. The summed E-state index contributed by atoms with van der Waals surface area (Å²) in [6.07, 6.45) is -1.43. The smallest absolute Gasteiger partial charge is 0.301 e. The van der Waals surface area contributed by atoms with E-state index in [1.165, 1.54) is 6.33 Å². The third kappa shape index (κ3) is 1.26. The quantitative estimate of drug-likeness (QED) is 0.563. The molecule has 2 aromatic rings. The van der Waals surface area contributed by atoms with Crippen LogP contribution in [-0.4, -0.2) is 54.7 Å². The first-order chi connectivity index (χ1) is 9.20. The van der Waals surface area contributed by atoms with Crippen LogP contribution < -0.4 is 10.5 Å². The number of fused-ring (bicyclic) bond motifs is 5. The molecule has 9 nitrogen and oxygen atoms in total. The molecule has 19 heavy (non-hydrogen) atoms. The average Bonchev–Trinajstić information content (AvgIpc) is 3.00. The SMILES string of the molecule is Nc1ncnc2c1nc1n2[C@@H]2O[C@H](CO)[C@H](O)[C@@H]2O1. The van der Waals surface area contributed by atoms with Crippen molar-refractivity contribution < 1.29 is 19.7 Å². The molecule has 2 aliphatic rings. The van der Waals surface area contributed by atoms with Crippen LogP contribution in [-0.2, 0) is 4.74 Å². The van der Waals surface area contributed by atoms with Gasteiger partial charge in [-0.2, -0.15) is 4.98 Å². The van der Waals surface area contributed by atoms with Gasteiger partial charge in [-0.3, -0.25) is 0 Å². The summed E-state index contributed by atoms with van der Waals surface area (Å²) in [5.74, 6) is 0.254. The van der Waals surface area contributed by atoms with Gasteiger partial charge in [-0.25, -0.2) is 14.5 Å². The molecule has 0 aliphatic carbocycles. The van der Waals surface area contributed by atoms with Gasteiger partial charge < -0.3 is 25.4 Å². The third-order valence-electron chi connectivity index (χ3n) is 3.46. The Morgan fingerprint density at radius 3 is 3.05 bits per heavy atom. The van der Waals surface area contributed by atoms with Crippen LogP contribution in [0.25, 0.3) is 11.2 Å². The van der Waals surface area contributed by atoms with Gasteiger partial charge in [-0.05, 0) is 0 Å². The average molecular weight is 265 g/mol. The maximum absolute atomic E-state index is 9.97. The molecular formula is C10H11N5O4. The van der Waals surface area contributed by atoms with E-state index in [4.69, 9.17) is 20.3 Å². The molecule has 0 unspecified atom stereocenters. The Labute approximate surface area is 106 Å². The highest BCUT2D eigenvalue weighted by molar-refractivity contribution is 5.82. The lowest BCUT2D eigenvalue weighted by atomic mass is 10.1. The van der Waals surface area contributed by atoms with Crippen LogP contribution in [0.4, 0.5) is 5.82 Å². The van der Waals surface area contributed by atoms with E-state index in [2.05, 4.69) is 15.0 Å². The van der Waals surface area contributed by atoms with Crippen molar-refractivity contribution in [1.29, 1.82) is 0 Å². The van der Waals surface area contributed by atoms with Crippen LogP contribution in [0, 0.1) is 0 Å². The van der Waals surface area contributed by atoms with Crippen molar-refractivity contribution in [2.24, 2.45) is 0 Å². The summed E-state index contributed by atoms with van der Waals surface area (Å²) in [4.78, 5) is 12.2. The Kier molecular flexibility index (Phi) is 2.03. The summed E-state index contributed by atoms with van der Waals surface area (Å²) in [5, 5.41) is 19.1. The summed E-state index contributed by atoms with van der Waals surface area (Å²) in [7, 11) is 0. The number of nitrogen functional groups attached to an aromatic ring is 1. The normalized spacial score (nSPS) is 32.3. The molecule has 0 bridgehead atoms. The molecule has 0 spiro atoms. The summed E-state index contributed by atoms with van der Waals surface area (Å²) in [6.45, 7) is -0.281. The van der Waals surface area contributed by atoms with E-state index in [1.807, 2.05) is 0 Å². The molecule has 0 saturated carbocycles. The van der Waals surface area contributed by atoms with Crippen LogP contribution in [0.3, 0.4) is 0 Å². The number of aliphatic hydroxyl groups is 2. The van der Waals surface area contributed by atoms with Crippen LogP contribution in [0.1, 0.15) is 6.23 Å². The second kappa shape index (κ2) is 3.53. The molecular weight excluding hydrogens is 254 g/mol.